The highest BCUT2D eigenvalue weighted by Crippen LogP contribution is 2.19. The first-order valence-corrected chi connectivity index (χ1v) is 8.84. The van der Waals surface area contributed by atoms with Crippen LogP contribution in [0.3, 0.4) is 0 Å². The van der Waals surface area contributed by atoms with Crippen LogP contribution in [0, 0.1) is 6.92 Å². The Morgan fingerprint density at radius 1 is 1.09 bits per heavy atom. The molecule has 0 aliphatic carbocycles. The maximum Gasteiger partial charge on any atom is 0.215 e. The number of aromatic nitrogens is 1. The predicted octanol–water partition coefficient (Wildman–Crippen LogP) is 3.68. The molecule has 0 spiro atoms. The van der Waals surface area contributed by atoms with Gasteiger partial charge in [0.25, 0.3) is 0 Å². The highest BCUT2D eigenvalue weighted by atomic mass is 16.5. The van der Waals surface area contributed by atoms with E-state index in [1.54, 1.807) is 0 Å². The molecule has 0 amide bonds. The molecule has 1 aromatic heterocycles. The van der Waals surface area contributed by atoms with Crippen LogP contribution in [0.15, 0.2) is 12.1 Å². The SMILES string of the molecule is CC.CC.CC.Cc1cc(OCCO)nc(N2CCOCC2)c1. The van der Waals surface area contributed by atoms with Crippen molar-refractivity contribution >= 4 is 5.82 Å². The smallest absolute Gasteiger partial charge is 0.215 e. The van der Waals surface area contributed by atoms with Crippen molar-refractivity contribution < 1.29 is 14.6 Å². The van der Waals surface area contributed by atoms with Crippen LogP contribution in [0.4, 0.5) is 5.82 Å². The van der Waals surface area contributed by atoms with Crippen molar-refractivity contribution in [3.63, 3.8) is 0 Å². The van der Waals surface area contributed by atoms with E-state index in [0.29, 0.717) is 5.88 Å². The molecule has 0 unspecified atom stereocenters. The van der Waals surface area contributed by atoms with E-state index in [9.17, 15) is 0 Å². The molecular formula is C18H36N2O3. The van der Waals surface area contributed by atoms with E-state index in [0.717, 1.165) is 37.7 Å². The number of aliphatic hydroxyl groups is 1. The lowest BCUT2D eigenvalue weighted by Gasteiger charge is -2.28. The Morgan fingerprint density at radius 2 is 1.65 bits per heavy atom. The minimum Gasteiger partial charge on any atom is -0.475 e. The molecule has 1 aliphatic rings. The van der Waals surface area contributed by atoms with Gasteiger partial charge in [0, 0.05) is 19.2 Å². The lowest BCUT2D eigenvalue weighted by molar-refractivity contribution is 0.122. The Morgan fingerprint density at radius 3 is 2.17 bits per heavy atom. The van der Waals surface area contributed by atoms with Gasteiger partial charge >= 0.3 is 0 Å². The van der Waals surface area contributed by atoms with Crippen molar-refractivity contribution in [3.8, 4) is 5.88 Å². The summed E-state index contributed by atoms with van der Waals surface area (Å²) in [5.74, 6) is 1.49. The van der Waals surface area contributed by atoms with E-state index < -0.39 is 0 Å². The predicted molar refractivity (Wildman–Crippen MR) is 98.6 cm³/mol. The largest absolute Gasteiger partial charge is 0.475 e. The third-order valence-electron chi connectivity index (χ3n) is 2.61. The van der Waals surface area contributed by atoms with Gasteiger partial charge in [-0.3, -0.25) is 0 Å². The lowest BCUT2D eigenvalue weighted by atomic mass is 10.2. The van der Waals surface area contributed by atoms with Crippen LogP contribution in [0.25, 0.3) is 0 Å². The minimum atomic E-state index is 0.00249. The standard InChI is InChI=1S/C12H18N2O3.3C2H6/c1-10-8-11(14-2-5-16-6-3-14)13-12(9-10)17-7-4-15;3*1-2/h8-9,15H,2-7H2,1H3;3*1-2H3. The molecule has 136 valence electrons. The van der Waals surface area contributed by atoms with Crippen LogP contribution in [-0.2, 0) is 4.74 Å². The van der Waals surface area contributed by atoms with Gasteiger partial charge in [0.05, 0.1) is 19.8 Å². The van der Waals surface area contributed by atoms with Crippen LogP contribution in [-0.4, -0.2) is 49.6 Å². The molecule has 2 heterocycles. The Labute approximate surface area is 142 Å². The number of hydrogen-bond acceptors (Lipinski definition) is 5. The van der Waals surface area contributed by atoms with E-state index in [1.165, 1.54) is 0 Å². The molecule has 1 N–H and O–H groups in total. The van der Waals surface area contributed by atoms with Gasteiger partial charge in [-0.15, -0.1) is 0 Å². The third kappa shape index (κ3) is 10.1. The highest BCUT2D eigenvalue weighted by Gasteiger charge is 2.13. The number of nitrogens with zero attached hydrogens (tertiary/aromatic N) is 2. The average Bonchev–Trinajstić information content (AvgIpc) is 2.65. The number of ether oxygens (including phenoxy) is 2. The first-order chi connectivity index (χ1) is 11.3. The van der Waals surface area contributed by atoms with Crippen molar-refractivity contribution in [1.82, 2.24) is 4.98 Å². The van der Waals surface area contributed by atoms with Gasteiger partial charge in [-0.2, -0.15) is 4.98 Å². The number of morpholine rings is 1. The zero-order chi connectivity index (χ0) is 18.1. The van der Waals surface area contributed by atoms with Crippen molar-refractivity contribution in [3.05, 3.63) is 17.7 Å². The molecule has 1 aliphatic heterocycles. The zero-order valence-corrected chi connectivity index (χ0v) is 16.1. The topological polar surface area (TPSA) is 54.8 Å². The molecule has 0 saturated carbocycles. The van der Waals surface area contributed by atoms with E-state index in [4.69, 9.17) is 14.6 Å². The first-order valence-electron chi connectivity index (χ1n) is 8.84. The maximum absolute atomic E-state index is 8.74. The molecular weight excluding hydrogens is 292 g/mol. The molecule has 5 heteroatoms. The molecule has 0 radical (unpaired) electrons. The fourth-order valence-electron chi connectivity index (χ4n) is 1.80. The van der Waals surface area contributed by atoms with E-state index in [2.05, 4.69) is 9.88 Å². The van der Waals surface area contributed by atoms with E-state index >= 15 is 0 Å². The second-order valence-corrected chi connectivity index (χ2v) is 4.01. The van der Waals surface area contributed by atoms with Gasteiger partial charge in [-0.1, -0.05) is 41.5 Å². The van der Waals surface area contributed by atoms with Crippen LogP contribution >= 0.6 is 0 Å². The molecule has 23 heavy (non-hydrogen) atoms. The Hall–Kier alpha value is -1.33. The fourth-order valence-corrected chi connectivity index (χ4v) is 1.80. The number of aryl methyl sites for hydroxylation is 1. The molecule has 1 aromatic rings. The zero-order valence-electron chi connectivity index (χ0n) is 16.1. The Bertz CT molecular complexity index is 367. The summed E-state index contributed by atoms with van der Waals surface area (Å²) < 4.78 is 10.7. The van der Waals surface area contributed by atoms with Gasteiger partial charge in [0.2, 0.25) is 5.88 Å². The number of rotatable bonds is 4. The van der Waals surface area contributed by atoms with Crippen molar-refractivity contribution in [2.45, 2.75) is 48.5 Å². The van der Waals surface area contributed by atoms with Crippen molar-refractivity contribution in [2.75, 3.05) is 44.4 Å². The maximum atomic E-state index is 8.74. The molecule has 5 nitrogen and oxygen atoms in total. The monoisotopic (exact) mass is 328 g/mol. The summed E-state index contributed by atoms with van der Waals surface area (Å²) in [5.41, 5.74) is 1.11. The summed E-state index contributed by atoms with van der Waals surface area (Å²) in [7, 11) is 0. The second-order valence-electron chi connectivity index (χ2n) is 4.01. The highest BCUT2D eigenvalue weighted by molar-refractivity contribution is 5.44. The minimum absolute atomic E-state index is 0.00249. The summed E-state index contributed by atoms with van der Waals surface area (Å²) in [6, 6.07) is 3.91. The normalized spacial score (nSPS) is 12.6. The fraction of sp³-hybridized carbons (Fsp3) is 0.722. The molecule has 0 atom stereocenters. The summed E-state index contributed by atoms with van der Waals surface area (Å²) in [5, 5.41) is 8.74. The van der Waals surface area contributed by atoms with Gasteiger partial charge in [-0.25, -0.2) is 0 Å². The van der Waals surface area contributed by atoms with Crippen molar-refractivity contribution in [1.29, 1.82) is 0 Å². The number of hydrogen-bond donors (Lipinski definition) is 1. The average molecular weight is 328 g/mol. The van der Waals surface area contributed by atoms with Crippen LogP contribution < -0.4 is 9.64 Å². The van der Waals surface area contributed by atoms with Crippen molar-refractivity contribution in [2.24, 2.45) is 0 Å². The number of anilines is 1. The number of pyridine rings is 1. The Balaban J connectivity index is 0. The van der Waals surface area contributed by atoms with E-state index in [-0.39, 0.29) is 13.2 Å². The van der Waals surface area contributed by atoms with Gasteiger partial charge in [0.1, 0.15) is 12.4 Å². The molecule has 0 aromatic carbocycles. The number of aliphatic hydroxyl groups excluding tert-OH is 1. The molecule has 1 fully saturated rings. The summed E-state index contributed by atoms with van der Waals surface area (Å²) in [6.45, 7) is 17.5. The quantitative estimate of drug-likeness (QED) is 0.914. The van der Waals surface area contributed by atoms with Crippen LogP contribution in [0.1, 0.15) is 47.1 Å². The molecule has 2 rings (SSSR count). The molecule has 1 saturated heterocycles. The third-order valence-corrected chi connectivity index (χ3v) is 2.61. The van der Waals surface area contributed by atoms with Gasteiger partial charge < -0.3 is 19.5 Å². The summed E-state index contributed by atoms with van der Waals surface area (Å²) in [4.78, 5) is 6.61. The Kier molecular flexibility index (Phi) is 17.7. The molecule has 0 bridgehead atoms. The first kappa shape index (κ1) is 23.9. The van der Waals surface area contributed by atoms with E-state index in [1.807, 2.05) is 60.6 Å². The van der Waals surface area contributed by atoms with Crippen LogP contribution in [0.5, 0.6) is 5.88 Å². The second kappa shape index (κ2) is 17.0. The van der Waals surface area contributed by atoms with Gasteiger partial charge in [-0.05, 0) is 18.6 Å². The summed E-state index contributed by atoms with van der Waals surface area (Å²) >= 11 is 0. The lowest BCUT2D eigenvalue weighted by Crippen LogP contribution is -2.36. The van der Waals surface area contributed by atoms with Crippen LogP contribution in [0.2, 0.25) is 0 Å². The summed E-state index contributed by atoms with van der Waals surface area (Å²) in [6.07, 6.45) is 0. The van der Waals surface area contributed by atoms with Gasteiger partial charge in [0.15, 0.2) is 0 Å².